The molecule has 0 bridgehead atoms. The molecular weight excluding hydrogens is 224 g/mol. The standard InChI is InChI=1S/C10H12N4OS/c1-7-13-8(6-16-7)5-12-10-11-4-3-9(14-10)15-2/h3-4,6H,5H2,1-2H3,(H,11,12,14). The van der Waals surface area contributed by atoms with Crippen molar-refractivity contribution in [2.75, 3.05) is 12.4 Å². The number of anilines is 1. The second-order valence-electron chi connectivity index (χ2n) is 3.13. The first-order valence-corrected chi connectivity index (χ1v) is 5.68. The Kier molecular flexibility index (Phi) is 3.31. The minimum absolute atomic E-state index is 0.546. The van der Waals surface area contributed by atoms with E-state index in [2.05, 4.69) is 20.3 Å². The van der Waals surface area contributed by atoms with Crippen molar-refractivity contribution in [1.29, 1.82) is 0 Å². The van der Waals surface area contributed by atoms with E-state index in [1.165, 1.54) is 0 Å². The van der Waals surface area contributed by atoms with Crippen molar-refractivity contribution in [2.24, 2.45) is 0 Å². The number of ether oxygens (including phenoxy) is 1. The molecule has 16 heavy (non-hydrogen) atoms. The van der Waals surface area contributed by atoms with E-state index in [1.54, 1.807) is 30.7 Å². The number of aryl methyl sites for hydroxylation is 1. The summed E-state index contributed by atoms with van der Waals surface area (Å²) in [5, 5.41) is 6.17. The highest BCUT2D eigenvalue weighted by Crippen LogP contribution is 2.11. The van der Waals surface area contributed by atoms with Gasteiger partial charge in [0, 0.05) is 17.6 Å². The molecule has 0 saturated heterocycles. The zero-order valence-electron chi connectivity index (χ0n) is 9.10. The van der Waals surface area contributed by atoms with Crippen LogP contribution in [-0.2, 0) is 6.54 Å². The molecule has 6 heteroatoms. The predicted molar refractivity (Wildman–Crippen MR) is 62.8 cm³/mol. The molecule has 0 spiro atoms. The van der Waals surface area contributed by atoms with Crippen LogP contribution in [0.25, 0.3) is 0 Å². The molecule has 0 fully saturated rings. The number of nitrogens with one attached hydrogen (secondary N) is 1. The normalized spacial score (nSPS) is 10.1. The molecule has 0 amide bonds. The maximum absolute atomic E-state index is 5.01. The topological polar surface area (TPSA) is 59.9 Å². The first kappa shape index (κ1) is 10.8. The molecule has 0 radical (unpaired) electrons. The fourth-order valence-corrected chi connectivity index (χ4v) is 1.81. The van der Waals surface area contributed by atoms with Crippen molar-refractivity contribution in [3.05, 3.63) is 28.3 Å². The SMILES string of the molecule is COc1ccnc(NCc2csc(C)n2)n1. The number of methoxy groups -OCH3 is 1. The van der Waals surface area contributed by atoms with Crippen LogP contribution in [0, 0.1) is 6.92 Å². The van der Waals surface area contributed by atoms with Crippen LogP contribution >= 0.6 is 11.3 Å². The van der Waals surface area contributed by atoms with Crippen LogP contribution < -0.4 is 10.1 Å². The molecular formula is C10H12N4OS. The molecule has 2 heterocycles. The maximum atomic E-state index is 5.01. The van der Waals surface area contributed by atoms with Crippen LogP contribution in [0.1, 0.15) is 10.7 Å². The van der Waals surface area contributed by atoms with Gasteiger partial charge in [-0.1, -0.05) is 0 Å². The van der Waals surface area contributed by atoms with Gasteiger partial charge in [-0.2, -0.15) is 4.98 Å². The lowest BCUT2D eigenvalue weighted by Gasteiger charge is -2.03. The second-order valence-corrected chi connectivity index (χ2v) is 4.20. The summed E-state index contributed by atoms with van der Waals surface area (Å²) in [5.41, 5.74) is 0.994. The summed E-state index contributed by atoms with van der Waals surface area (Å²) in [5.74, 6) is 1.09. The zero-order chi connectivity index (χ0) is 11.4. The summed E-state index contributed by atoms with van der Waals surface area (Å²) in [4.78, 5) is 12.6. The largest absolute Gasteiger partial charge is 0.481 e. The molecule has 2 rings (SSSR count). The van der Waals surface area contributed by atoms with Gasteiger partial charge in [0.05, 0.1) is 24.4 Å². The van der Waals surface area contributed by atoms with Crippen molar-refractivity contribution < 1.29 is 4.74 Å². The lowest BCUT2D eigenvalue weighted by Crippen LogP contribution is -2.04. The number of nitrogens with zero attached hydrogens (tertiary/aromatic N) is 3. The Hall–Kier alpha value is -1.69. The minimum atomic E-state index is 0.546. The Morgan fingerprint density at radius 2 is 2.31 bits per heavy atom. The van der Waals surface area contributed by atoms with E-state index in [0.717, 1.165) is 10.7 Å². The van der Waals surface area contributed by atoms with Crippen LogP contribution in [-0.4, -0.2) is 22.1 Å². The number of rotatable bonds is 4. The summed E-state index contributed by atoms with van der Waals surface area (Å²) in [6.45, 7) is 2.60. The lowest BCUT2D eigenvalue weighted by atomic mass is 10.5. The number of hydrogen-bond acceptors (Lipinski definition) is 6. The molecule has 0 aliphatic heterocycles. The molecule has 0 aromatic carbocycles. The number of aromatic nitrogens is 3. The van der Waals surface area contributed by atoms with Crippen molar-refractivity contribution in [1.82, 2.24) is 15.0 Å². The van der Waals surface area contributed by atoms with Crippen molar-refractivity contribution >= 4 is 17.3 Å². The van der Waals surface area contributed by atoms with Crippen LogP contribution in [0.15, 0.2) is 17.6 Å². The van der Waals surface area contributed by atoms with Gasteiger partial charge in [0.15, 0.2) is 0 Å². The minimum Gasteiger partial charge on any atom is -0.481 e. The summed E-state index contributed by atoms with van der Waals surface area (Å²) < 4.78 is 5.01. The summed E-state index contributed by atoms with van der Waals surface area (Å²) >= 11 is 1.63. The highest BCUT2D eigenvalue weighted by molar-refractivity contribution is 7.09. The molecule has 2 aromatic heterocycles. The maximum Gasteiger partial charge on any atom is 0.226 e. The monoisotopic (exact) mass is 236 g/mol. The molecule has 0 aliphatic rings. The van der Waals surface area contributed by atoms with Gasteiger partial charge in [-0.3, -0.25) is 0 Å². The fourth-order valence-electron chi connectivity index (χ4n) is 1.20. The Bertz CT molecular complexity index is 471. The molecule has 2 aromatic rings. The van der Waals surface area contributed by atoms with E-state index in [-0.39, 0.29) is 0 Å². The van der Waals surface area contributed by atoms with Gasteiger partial charge >= 0.3 is 0 Å². The Labute approximate surface area is 97.5 Å². The Morgan fingerprint density at radius 3 is 3.00 bits per heavy atom. The van der Waals surface area contributed by atoms with Gasteiger partial charge < -0.3 is 10.1 Å². The zero-order valence-corrected chi connectivity index (χ0v) is 9.91. The summed E-state index contributed by atoms with van der Waals surface area (Å²) in [7, 11) is 1.58. The first-order valence-electron chi connectivity index (χ1n) is 4.80. The number of thiazole rings is 1. The Morgan fingerprint density at radius 1 is 1.44 bits per heavy atom. The molecule has 5 nitrogen and oxygen atoms in total. The van der Waals surface area contributed by atoms with Crippen molar-refractivity contribution in [3.8, 4) is 5.88 Å². The fraction of sp³-hybridized carbons (Fsp3) is 0.300. The van der Waals surface area contributed by atoms with E-state index < -0.39 is 0 Å². The van der Waals surface area contributed by atoms with E-state index >= 15 is 0 Å². The van der Waals surface area contributed by atoms with E-state index in [4.69, 9.17) is 4.74 Å². The smallest absolute Gasteiger partial charge is 0.226 e. The van der Waals surface area contributed by atoms with Gasteiger partial charge in [0.2, 0.25) is 11.8 Å². The number of hydrogen-bond donors (Lipinski definition) is 1. The third-order valence-corrected chi connectivity index (χ3v) is 2.76. The average Bonchev–Trinajstić information content (AvgIpc) is 2.73. The Balaban J connectivity index is 1.99. The van der Waals surface area contributed by atoms with Gasteiger partial charge in [-0.05, 0) is 6.92 Å². The molecule has 0 atom stereocenters. The van der Waals surface area contributed by atoms with Crippen LogP contribution in [0.5, 0.6) is 5.88 Å². The summed E-state index contributed by atoms with van der Waals surface area (Å²) in [6, 6.07) is 1.71. The van der Waals surface area contributed by atoms with Gasteiger partial charge in [0.25, 0.3) is 0 Å². The molecule has 0 unspecified atom stereocenters. The lowest BCUT2D eigenvalue weighted by molar-refractivity contribution is 0.397. The highest BCUT2D eigenvalue weighted by Gasteiger charge is 2.01. The summed E-state index contributed by atoms with van der Waals surface area (Å²) in [6.07, 6.45) is 1.65. The molecule has 0 saturated carbocycles. The van der Waals surface area contributed by atoms with E-state index in [0.29, 0.717) is 18.4 Å². The van der Waals surface area contributed by atoms with Crippen LogP contribution in [0.4, 0.5) is 5.95 Å². The third-order valence-electron chi connectivity index (χ3n) is 1.93. The van der Waals surface area contributed by atoms with Crippen LogP contribution in [0.3, 0.4) is 0 Å². The third kappa shape index (κ3) is 2.66. The molecule has 84 valence electrons. The van der Waals surface area contributed by atoms with Crippen LogP contribution in [0.2, 0.25) is 0 Å². The average molecular weight is 236 g/mol. The predicted octanol–water partition coefficient (Wildman–Crippen LogP) is 1.86. The van der Waals surface area contributed by atoms with Crippen molar-refractivity contribution in [3.63, 3.8) is 0 Å². The van der Waals surface area contributed by atoms with E-state index in [1.807, 2.05) is 12.3 Å². The van der Waals surface area contributed by atoms with Gasteiger partial charge in [-0.25, -0.2) is 9.97 Å². The first-order chi connectivity index (χ1) is 7.78. The molecule has 1 N–H and O–H groups in total. The molecule has 0 aliphatic carbocycles. The van der Waals surface area contributed by atoms with Gasteiger partial charge in [0.1, 0.15) is 0 Å². The van der Waals surface area contributed by atoms with Gasteiger partial charge in [-0.15, -0.1) is 11.3 Å². The quantitative estimate of drug-likeness (QED) is 0.878. The highest BCUT2D eigenvalue weighted by atomic mass is 32.1. The van der Waals surface area contributed by atoms with E-state index in [9.17, 15) is 0 Å². The van der Waals surface area contributed by atoms with Crippen molar-refractivity contribution in [2.45, 2.75) is 13.5 Å². The second kappa shape index (κ2) is 4.89.